The Morgan fingerprint density at radius 3 is 3.06 bits per heavy atom. The van der Waals surface area contributed by atoms with Crippen molar-refractivity contribution in [2.75, 3.05) is 19.0 Å². The summed E-state index contributed by atoms with van der Waals surface area (Å²) in [5.74, 6) is 0.543. The highest BCUT2D eigenvalue weighted by molar-refractivity contribution is 5.94. The molecule has 1 aromatic heterocycles. The molecular formula is C11H15N3O2. The Morgan fingerprint density at radius 2 is 2.50 bits per heavy atom. The van der Waals surface area contributed by atoms with E-state index in [-0.39, 0.29) is 11.9 Å². The summed E-state index contributed by atoms with van der Waals surface area (Å²) in [5.41, 5.74) is 0.694. The van der Waals surface area contributed by atoms with E-state index in [0.717, 1.165) is 19.4 Å². The largest absolute Gasteiger partial charge is 0.481 e. The first-order chi connectivity index (χ1) is 7.79. The lowest BCUT2D eigenvalue weighted by atomic mass is 10.2. The summed E-state index contributed by atoms with van der Waals surface area (Å²) in [6.07, 6.45) is 3.54. The molecule has 1 aliphatic rings. The number of hydrogen-bond donors (Lipinski definition) is 2. The SMILES string of the molecule is COc1ccc(NC(=O)[C@H]2CCCN2)cn1. The van der Waals surface area contributed by atoms with E-state index in [0.29, 0.717) is 11.6 Å². The highest BCUT2D eigenvalue weighted by atomic mass is 16.5. The number of methoxy groups -OCH3 is 1. The van der Waals surface area contributed by atoms with Crippen LogP contribution in [0.1, 0.15) is 12.8 Å². The molecule has 0 saturated carbocycles. The van der Waals surface area contributed by atoms with Crippen LogP contribution in [0.5, 0.6) is 5.88 Å². The van der Waals surface area contributed by atoms with Crippen molar-refractivity contribution in [3.8, 4) is 5.88 Å². The van der Waals surface area contributed by atoms with Crippen LogP contribution in [0.4, 0.5) is 5.69 Å². The van der Waals surface area contributed by atoms with Gasteiger partial charge in [-0.15, -0.1) is 0 Å². The Morgan fingerprint density at radius 1 is 1.62 bits per heavy atom. The number of amides is 1. The Kier molecular flexibility index (Phi) is 3.36. The minimum absolute atomic E-state index is 0.00414. The lowest BCUT2D eigenvalue weighted by Crippen LogP contribution is -2.35. The average molecular weight is 221 g/mol. The first-order valence-corrected chi connectivity index (χ1v) is 5.34. The fourth-order valence-corrected chi connectivity index (χ4v) is 1.71. The second kappa shape index (κ2) is 4.94. The fourth-order valence-electron chi connectivity index (χ4n) is 1.71. The summed E-state index contributed by atoms with van der Waals surface area (Å²) >= 11 is 0. The molecule has 0 bridgehead atoms. The number of ether oxygens (including phenoxy) is 1. The number of pyridine rings is 1. The molecule has 1 saturated heterocycles. The van der Waals surface area contributed by atoms with Gasteiger partial charge in [0.25, 0.3) is 0 Å². The molecule has 1 aliphatic heterocycles. The van der Waals surface area contributed by atoms with Gasteiger partial charge in [0, 0.05) is 6.07 Å². The van der Waals surface area contributed by atoms with Gasteiger partial charge in [-0.1, -0.05) is 0 Å². The van der Waals surface area contributed by atoms with Gasteiger partial charge in [0.05, 0.1) is 25.0 Å². The van der Waals surface area contributed by atoms with E-state index in [4.69, 9.17) is 4.74 Å². The normalized spacial score (nSPS) is 19.4. The smallest absolute Gasteiger partial charge is 0.241 e. The summed E-state index contributed by atoms with van der Waals surface area (Å²) in [7, 11) is 1.56. The van der Waals surface area contributed by atoms with Crippen LogP contribution in [0.25, 0.3) is 0 Å². The first-order valence-electron chi connectivity index (χ1n) is 5.34. The minimum Gasteiger partial charge on any atom is -0.481 e. The second-order valence-corrected chi connectivity index (χ2v) is 3.73. The molecule has 0 unspecified atom stereocenters. The lowest BCUT2D eigenvalue weighted by molar-refractivity contribution is -0.117. The highest BCUT2D eigenvalue weighted by Gasteiger charge is 2.21. The van der Waals surface area contributed by atoms with Crippen molar-refractivity contribution in [3.63, 3.8) is 0 Å². The van der Waals surface area contributed by atoms with Gasteiger partial charge < -0.3 is 15.4 Å². The van der Waals surface area contributed by atoms with Crippen LogP contribution < -0.4 is 15.4 Å². The third-order valence-corrected chi connectivity index (χ3v) is 2.59. The third-order valence-electron chi connectivity index (χ3n) is 2.59. The van der Waals surface area contributed by atoms with Crippen molar-refractivity contribution >= 4 is 11.6 Å². The van der Waals surface area contributed by atoms with E-state index in [9.17, 15) is 4.79 Å². The topological polar surface area (TPSA) is 63.2 Å². The zero-order valence-electron chi connectivity index (χ0n) is 9.19. The van der Waals surface area contributed by atoms with Crippen molar-refractivity contribution in [2.45, 2.75) is 18.9 Å². The molecule has 5 heteroatoms. The number of anilines is 1. The standard InChI is InChI=1S/C11H15N3O2/c1-16-10-5-4-8(7-13-10)14-11(15)9-3-2-6-12-9/h4-5,7,9,12H,2-3,6H2,1H3,(H,14,15)/t9-/m1/s1. The van der Waals surface area contributed by atoms with Crippen molar-refractivity contribution in [2.24, 2.45) is 0 Å². The molecular weight excluding hydrogens is 206 g/mol. The summed E-state index contributed by atoms with van der Waals surface area (Å²) in [5, 5.41) is 5.96. The predicted molar refractivity (Wildman–Crippen MR) is 60.4 cm³/mol. The molecule has 2 rings (SSSR count). The number of aromatic nitrogens is 1. The van der Waals surface area contributed by atoms with Gasteiger partial charge >= 0.3 is 0 Å². The minimum atomic E-state index is -0.0675. The molecule has 2 N–H and O–H groups in total. The molecule has 16 heavy (non-hydrogen) atoms. The highest BCUT2D eigenvalue weighted by Crippen LogP contribution is 2.13. The van der Waals surface area contributed by atoms with Crippen LogP contribution in [-0.4, -0.2) is 30.6 Å². The van der Waals surface area contributed by atoms with Gasteiger partial charge in [0.15, 0.2) is 0 Å². The van der Waals surface area contributed by atoms with Crippen LogP contribution in [0, 0.1) is 0 Å². The van der Waals surface area contributed by atoms with Crippen molar-refractivity contribution < 1.29 is 9.53 Å². The number of carbonyl (C=O) groups is 1. The Labute approximate surface area is 94.2 Å². The monoisotopic (exact) mass is 221 g/mol. The maximum atomic E-state index is 11.7. The van der Waals surface area contributed by atoms with Crippen molar-refractivity contribution in [1.82, 2.24) is 10.3 Å². The van der Waals surface area contributed by atoms with E-state index in [1.165, 1.54) is 0 Å². The molecule has 1 fully saturated rings. The van der Waals surface area contributed by atoms with Crippen LogP contribution in [-0.2, 0) is 4.79 Å². The van der Waals surface area contributed by atoms with Gasteiger partial charge in [-0.25, -0.2) is 4.98 Å². The number of hydrogen-bond acceptors (Lipinski definition) is 4. The van der Waals surface area contributed by atoms with Gasteiger partial charge in [0.1, 0.15) is 0 Å². The Bertz CT molecular complexity index is 358. The average Bonchev–Trinajstić information content (AvgIpc) is 2.83. The quantitative estimate of drug-likeness (QED) is 0.791. The van der Waals surface area contributed by atoms with E-state index >= 15 is 0 Å². The van der Waals surface area contributed by atoms with Gasteiger partial charge in [-0.05, 0) is 25.5 Å². The van der Waals surface area contributed by atoms with Crippen LogP contribution in [0.15, 0.2) is 18.3 Å². The molecule has 0 spiro atoms. The molecule has 0 aliphatic carbocycles. The zero-order chi connectivity index (χ0) is 11.4. The van der Waals surface area contributed by atoms with Crippen molar-refractivity contribution in [1.29, 1.82) is 0 Å². The molecule has 1 amide bonds. The van der Waals surface area contributed by atoms with E-state index < -0.39 is 0 Å². The van der Waals surface area contributed by atoms with E-state index in [2.05, 4.69) is 15.6 Å². The van der Waals surface area contributed by atoms with Crippen LogP contribution >= 0.6 is 0 Å². The lowest BCUT2D eigenvalue weighted by Gasteiger charge is -2.10. The number of nitrogens with zero attached hydrogens (tertiary/aromatic N) is 1. The van der Waals surface area contributed by atoms with Gasteiger partial charge in [-0.2, -0.15) is 0 Å². The van der Waals surface area contributed by atoms with Crippen LogP contribution in [0.2, 0.25) is 0 Å². The first kappa shape index (κ1) is 10.9. The number of carbonyl (C=O) groups excluding carboxylic acids is 1. The maximum absolute atomic E-state index is 11.7. The van der Waals surface area contributed by atoms with Crippen molar-refractivity contribution in [3.05, 3.63) is 18.3 Å². The molecule has 86 valence electrons. The molecule has 2 heterocycles. The van der Waals surface area contributed by atoms with Crippen LogP contribution in [0.3, 0.4) is 0 Å². The second-order valence-electron chi connectivity index (χ2n) is 3.73. The predicted octanol–water partition coefficient (Wildman–Crippen LogP) is 0.781. The zero-order valence-corrected chi connectivity index (χ0v) is 9.19. The molecule has 0 aromatic carbocycles. The molecule has 0 radical (unpaired) electrons. The molecule has 1 aromatic rings. The summed E-state index contributed by atoms with van der Waals surface area (Å²) < 4.78 is 4.94. The number of nitrogens with one attached hydrogen (secondary N) is 2. The number of rotatable bonds is 3. The third kappa shape index (κ3) is 2.49. The Balaban J connectivity index is 1.94. The van der Waals surface area contributed by atoms with Gasteiger partial charge in [0.2, 0.25) is 11.8 Å². The Hall–Kier alpha value is -1.62. The molecule has 1 atom stereocenters. The summed E-state index contributed by atoms with van der Waals surface area (Å²) in [6.45, 7) is 0.916. The summed E-state index contributed by atoms with van der Waals surface area (Å²) in [4.78, 5) is 15.8. The van der Waals surface area contributed by atoms with Gasteiger partial charge in [-0.3, -0.25) is 4.79 Å². The maximum Gasteiger partial charge on any atom is 0.241 e. The fraction of sp³-hybridized carbons (Fsp3) is 0.455. The van der Waals surface area contributed by atoms with E-state index in [1.54, 1.807) is 25.4 Å². The molecule has 5 nitrogen and oxygen atoms in total. The van der Waals surface area contributed by atoms with E-state index in [1.807, 2.05) is 0 Å². The summed E-state index contributed by atoms with van der Waals surface area (Å²) in [6, 6.07) is 3.43.